The maximum atomic E-state index is 12.0. The van der Waals surface area contributed by atoms with Crippen LogP contribution in [-0.4, -0.2) is 42.4 Å². The molecule has 0 atom stereocenters. The largest absolute Gasteiger partial charge is 0.396 e. The van der Waals surface area contributed by atoms with Crippen molar-refractivity contribution in [3.63, 3.8) is 0 Å². The van der Waals surface area contributed by atoms with Crippen molar-refractivity contribution in [2.75, 3.05) is 20.2 Å². The molecule has 0 aromatic rings. The number of rotatable bonds is 6. The predicted octanol–water partition coefficient (Wildman–Crippen LogP) is 3.20. The Morgan fingerprint density at radius 2 is 1.72 bits per heavy atom. The summed E-state index contributed by atoms with van der Waals surface area (Å²) in [5.74, 6) is 0.430. The molecular weight excluding hydrogens is 243 g/mol. The number of halogens is 3. The van der Waals surface area contributed by atoms with Crippen LogP contribution in [0.5, 0.6) is 0 Å². The van der Waals surface area contributed by atoms with E-state index in [2.05, 4.69) is 4.90 Å². The van der Waals surface area contributed by atoms with Crippen molar-refractivity contribution in [3.05, 3.63) is 0 Å². The van der Waals surface area contributed by atoms with Gasteiger partial charge in [-0.3, -0.25) is 0 Å². The van der Waals surface area contributed by atoms with Crippen LogP contribution < -0.4 is 0 Å². The van der Waals surface area contributed by atoms with Gasteiger partial charge >= 0.3 is 6.18 Å². The molecule has 1 fully saturated rings. The van der Waals surface area contributed by atoms with Gasteiger partial charge in [0.1, 0.15) is 0 Å². The summed E-state index contributed by atoms with van der Waals surface area (Å²) in [6.45, 7) is 1.01. The molecule has 0 heterocycles. The third-order valence-corrected chi connectivity index (χ3v) is 3.92. The first-order valence-corrected chi connectivity index (χ1v) is 6.80. The molecule has 2 nitrogen and oxygen atoms in total. The maximum Gasteiger partial charge on any atom is 0.389 e. The summed E-state index contributed by atoms with van der Waals surface area (Å²) in [6, 6.07) is 0.485. The van der Waals surface area contributed by atoms with Gasteiger partial charge in [0.25, 0.3) is 0 Å². The molecule has 1 N–H and O–H groups in total. The van der Waals surface area contributed by atoms with E-state index in [1.807, 2.05) is 7.05 Å². The summed E-state index contributed by atoms with van der Waals surface area (Å²) < 4.78 is 35.9. The average Bonchev–Trinajstić information content (AvgIpc) is 2.33. The standard InChI is InChI=1S/C13H24F3NO/c1-17(9-3-2-8-13(14,15)16)12-6-4-11(10-18)5-7-12/h11-12,18H,2-10H2,1H3. The molecule has 1 aliphatic carbocycles. The van der Waals surface area contributed by atoms with Gasteiger partial charge in [-0.2, -0.15) is 13.2 Å². The first-order valence-electron chi connectivity index (χ1n) is 6.80. The van der Waals surface area contributed by atoms with Crippen LogP contribution in [0.15, 0.2) is 0 Å². The van der Waals surface area contributed by atoms with Gasteiger partial charge in [0.2, 0.25) is 0 Å². The van der Waals surface area contributed by atoms with Crippen molar-refractivity contribution in [2.45, 2.75) is 57.2 Å². The SMILES string of the molecule is CN(CCCCC(F)(F)F)C1CCC(CO)CC1. The predicted molar refractivity (Wildman–Crippen MR) is 65.4 cm³/mol. The minimum atomic E-state index is -4.02. The van der Waals surface area contributed by atoms with Crippen LogP contribution in [0.4, 0.5) is 13.2 Å². The molecule has 1 saturated carbocycles. The Bertz CT molecular complexity index is 225. The third kappa shape index (κ3) is 6.05. The van der Waals surface area contributed by atoms with E-state index in [0.717, 1.165) is 32.2 Å². The van der Waals surface area contributed by atoms with E-state index >= 15 is 0 Å². The van der Waals surface area contributed by atoms with Gasteiger partial charge in [0.05, 0.1) is 0 Å². The highest BCUT2D eigenvalue weighted by atomic mass is 19.4. The molecule has 0 aromatic heterocycles. The molecule has 108 valence electrons. The van der Waals surface area contributed by atoms with E-state index < -0.39 is 12.6 Å². The van der Waals surface area contributed by atoms with Gasteiger partial charge in [0.15, 0.2) is 0 Å². The van der Waals surface area contributed by atoms with Gasteiger partial charge in [0, 0.05) is 19.1 Å². The van der Waals surface area contributed by atoms with Gasteiger partial charge in [-0.05, 0) is 58.0 Å². The molecule has 0 saturated heterocycles. The Balaban J connectivity index is 2.12. The monoisotopic (exact) mass is 267 g/mol. The van der Waals surface area contributed by atoms with Crippen molar-refractivity contribution < 1.29 is 18.3 Å². The fourth-order valence-electron chi connectivity index (χ4n) is 2.64. The second-order valence-corrected chi connectivity index (χ2v) is 5.41. The first-order chi connectivity index (χ1) is 8.42. The van der Waals surface area contributed by atoms with Crippen LogP contribution in [0.2, 0.25) is 0 Å². The summed E-state index contributed by atoms with van der Waals surface area (Å²) in [7, 11) is 2.00. The number of hydrogen-bond acceptors (Lipinski definition) is 2. The van der Waals surface area contributed by atoms with Crippen molar-refractivity contribution >= 4 is 0 Å². The summed E-state index contributed by atoms with van der Waals surface area (Å²) in [5, 5.41) is 9.05. The lowest BCUT2D eigenvalue weighted by Crippen LogP contribution is -2.36. The number of aliphatic hydroxyl groups excluding tert-OH is 1. The summed E-state index contributed by atoms with van der Waals surface area (Å²) >= 11 is 0. The van der Waals surface area contributed by atoms with Gasteiger partial charge in [-0.15, -0.1) is 0 Å². The fourth-order valence-corrected chi connectivity index (χ4v) is 2.64. The van der Waals surface area contributed by atoms with Crippen molar-refractivity contribution in [1.82, 2.24) is 4.90 Å². The Hall–Kier alpha value is -0.290. The van der Waals surface area contributed by atoms with Gasteiger partial charge in [-0.25, -0.2) is 0 Å². The fraction of sp³-hybridized carbons (Fsp3) is 1.00. The molecule has 0 amide bonds. The minimum Gasteiger partial charge on any atom is -0.396 e. The average molecular weight is 267 g/mol. The molecule has 18 heavy (non-hydrogen) atoms. The smallest absolute Gasteiger partial charge is 0.389 e. The van der Waals surface area contributed by atoms with E-state index in [1.54, 1.807) is 0 Å². The zero-order valence-corrected chi connectivity index (χ0v) is 11.0. The van der Waals surface area contributed by atoms with Gasteiger partial charge < -0.3 is 10.0 Å². The van der Waals surface area contributed by atoms with Crippen molar-refractivity contribution in [2.24, 2.45) is 5.92 Å². The van der Waals surface area contributed by atoms with Crippen LogP contribution >= 0.6 is 0 Å². The molecule has 0 aromatic carbocycles. The topological polar surface area (TPSA) is 23.5 Å². The molecule has 1 aliphatic rings. The Labute approximate surface area is 107 Å². The highest BCUT2D eigenvalue weighted by Gasteiger charge is 2.26. The highest BCUT2D eigenvalue weighted by Crippen LogP contribution is 2.27. The third-order valence-electron chi connectivity index (χ3n) is 3.92. The van der Waals surface area contributed by atoms with E-state index in [0.29, 0.717) is 18.4 Å². The molecule has 0 radical (unpaired) electrons. The number of hydrogen-bond donors (Lipinski definition) is 1. The van der Waals surface area contributed by atoms with Gasteiger partial charge in [-0.1, -0.05) is 0 Å². The van der Waals surface area contributed by atoms with E-state index in [4.69, 9.17) is 5.11 Å². The van der Waals surface area contributed by atoms with Crippen LogP contribution in [0.1, 0.15) is 44.9 Å². The van der Waals surface area contributed by atoms with Crippen molar-refractivity contribution in [3.8, 4) is 0 Å². The van der Waals surface area contributed by atoms with Crippen LogP contribution in [-0.2, 0) is 0 Å². The Morgan fingerprint density at radius 3 is 2.22 bits per heavy atom. The van der Waals surface area contributed by atoms with Crippen LogP contribution in [0.25, 0.3) is 0 Å². The lowest BCUT2D eigenvalue weighted by atomic mass is 9.86. The normalized spacial score (nSPS) is 25.7. The van der Waals surface area contributed by atoms with E-state index in [9.17, 15) is 13.2 Å². The maximum absolute atomic E-state index is 12.0. The molecular formula is C13H24F3NO. The first kappa shape index (κ1) is 15.8. The second-order valence-electron chi connectivity index (χ2n) is 5.41. The highest BCUT2D eigenvalue weighted by molar-refractivity contribution is 4.77. The van der Waals surface area contributed by atoms with Crippen LogP contribution in [0.3, 0.4) is 0 Å². The van der Waals surface area contributed by atoms with E-state index in [-0.39, 0.29) is 13.0 Å². The molecule has 0 bridgehead atoms. The number of nitrogens with zero attached hydrogens (tertiary/aromatic N) is 1. The molecule has 1 rings (SSSR count). The minimum absolute atomic E-state index is 0.222. The Kier molecular flexibility index (Phi) is 6.43. The molecule has 0 unspecified atom stereocenters. The lowest BCUT2D eigenvalue weighted by molar-refractivity contribution is -0.135. The number of alkyl halides is 3. The summed E-state index contributed by atoms with van der Waals surface area (Å²) in [4.78, 5) is 2.18. The summed E-state index contributed by atoms with van der Waals surface area (Å²) in [6.07, 6.45) is 0.329. The number of unbranched alkanes of at least 4 members (excludes halogenated alkanes) is 1. The number of aliphatic hydroxyl groups is 1. The molecule has 0 spiro atoms. The molecule has 5 heteroatoms. The molecule has 0 aliphatic heterocycles. The van der Waals surface area contributed by atoms with Crippen molar-refractivity contribution in [1.29, 1.82) is 0 Å². The zero-order valence-electron chi connectivity index (χ0n) is 11.0. The second kappa shape index (κ2) is 7.34. The van der Waals surface area contributed by atoms with Crippen LogP contribution in [0, 0.1) is 5.92 Å². The lowest BCUT2D eigenvalue weighted by Gasteiger charge is -2.34. The zero-order chi connectivity index (χ0) is 13.6. The summed E-state index contributed by atoms with van der Waals surface area (Å²) in [5.41, 5.74) is 0. The quantitative estimate of drug-likeness (QED) is 0.747. The Morgan fingerprint density at radius 1 is 1.11 bits per heavy atom. The van der Waals surface area contributed by atoms with E-state index in [1.165, 1.54) is 0 Å².